The molecule has 1 aliphatic carbocycles. The van der Waals surface area contributed by atoms with E-state index in [0.29, 0.717) is 5.75 Å². The molecule has 0 spiro atoms. The van der Waals surface area contributed by atoms with Gasteiger partial charge in [0.1, 0.15) is 5.82 Å². The van der Waals surface area contributed by atoms with Crippen LogP contribution in [0.25, 0.3) is 0 Å². The van der Waals surface area contributed by atoms with Crippen LogP contribution >= 0.6 is 0 Å². The summed E-state index contributed by atoms with van der Waals surface area (Å²) >= 11 is 0. The Morgan fingerprint density at radius 3 is 2.71 bits per heavy atom. The second-order valence-corrected chi connectivity index (χ2v) is 3.92. The van der Waals surface area contributed by atoms with Crippen molar-refractivity contribution in [3.8, 4) is 5.75 Å². The van der Waals surface area contributed by atoms with Gasteiger partial charge in [-0.05, 0) is 12.8 Å². The molecule has 0 unspecified atom stereocenters. The number of aromatic nitrogens is 2. The van der Waals surface area contributed by atoms with E-state index in [4.69, 9.17) is 4.74 Å². The van der Waals surface area contributed by atoms with Gasteiger partial charge in [0, 0.05) is 12.5 Å². The number of nitrogens with one attached hydrogen (secondary N) is 1. The molecule has 1 fully saturated rings. The quantitative estimate of drug-likeness (QED) is 0.791. The Morgan fingerprint density at radius 2 is 2.21 bits per heavy atom. The average Bonchev–Trinajstić information content (AvgIpc) is 2.97. The molecule has 14 heavy (non-hydrogen) atoms. The van der Waals surface area contributed by atoms with E-state index in [9.17, 15) is 0 Å². The Hall–Kier alpha value is -1.32. The maximum Gasteiger partial charge on any atom is 0.179 e. The van der Waals surface area contributed by atoms with E-state index >= 15 is 0 Å². The molecule has 2 rings (SSSR count). The van der Waals surface area contributed by atoms with E-state index in [1.54, 1.807) is 13.3 Å². The minimum Gasteiger partial charge on any atom is -0.491 e. The van der Waals surface area contributed by atoms with E-state index in [0.717, 1.165) is 11.6 Å². The van der Waals surface area contributed by atoms with E-state index in [-0.39, 0.29) is 5.41 Å². The van der Waals surface area contributed by atoms with Gasteiger partial charge in [-0.25, -0.2) is 9.97 Å². The van der Waals surface area contributed by atoms with Crippen LogP contribution in [-0.2, 0) is 5.41 Å². The van der Waals surface area contributed by atoms with Crippen LogP contribution in [0.3, 0.4) is 0 Å². The zero-order valence-corrected chi connectivity index (χ0v) is 8.79. The molecule has 1 aromatic rings. The highest BCUT2D eigenvalue weighted by atomic mass is 16.5. The number of ether oxygens (including phenoxy) is 1. The van der Waals surface area contributed by atoms with Gasteiger partial charge in [-0.1, -0.05) is 6.92 Å². The Morgan fingerprint density at radius 1 is 1.50 bits per heavy atom. The maximum atomic E-state index is 5.14. The van der Waals surface area contributed by atoms with Crippen LogP contribution < -0.4 is 10.1 Å². The molecule has 0 aromatic carbocycles. The minimum absolute atomic E-state index is 0.206. The van der Waals surface area contributed by atoms with E-state index in [1.807, 2.05) is 7.05 Å². The maximum absolute atomic E-state index is 5.14. The van der Waals surface area contributed by atoms with Crippen molar-refractivity contribution in [2.24, 2.45) is 0 Å². The molecule has 0 radical (unpaired) electrons. The standard InChI is InChI=1S/C10H15N3O/c1-10(4-5-10)9-12-6-7(14-3)8(11-2)13-9/h6H,4-5H2,1-3H3,(H,11,12,13). The summed E-state index contributed by atoms with van der Waals surface area (Å²) in [6, 6.07) is 0. The van der Waals surface area contributed by atoms with Crippen molar-refractivity contribution < 1.29 is 4.74 Å². The van der Waals surface area contributed by atoms with Crippen molar-refractivity contribution in [3.63, 3.8) is 0 Å². The Labute approximate surface area is 83.7 Å². The van der Waals surface area contributed by atoms with Gasteiger partial charge in [-0.2, -0.15) is 0 Å². The summed E-state index contributed by atoms with van der Waals surface area (Å²) in [5, 5.41) is 3.01. The van der Waals surface area contributed by atoms with Gasteiger partial charge in [0.05, 0.1) is 13.3 Å². The van der Waals surface area contributed by atoms with Crippen LogP contribution in [0.2, 0.25) is 0 Å². The van der Waals surface area contributed by atoms with Gasteiger partial charge in [0.2, 0.25) is 0 Å². The summed E-state index contributed by atoms with van der Waals surface area (Å²) < 4.78 is 5.14. The molecule has 0 saturated heterocycles. The topological polar surface area (TPSA) is 47.0 Å². The van der Waals surface area contributed by atoms with Gasteiger partial charge < -0.3 is 10.1 Å². The highest BCUT2D eigenvalue weighted by molar-refractivity contribution is 5.48. The molecular formula is C10H15N3O. The van der Waals surface area contributed by atoms with Crippen molar-refractivity contribution >= 4 is 5.82 Å². The lowest BCUT2D eigenvalue weighted by atomic mass is 10.1. The van der Waals surface area contributed by atoms with Gasteiger partial charge in [-0.3, -0.25) is 0 Å². The highest BCUT2D eigenvalue weighted by Gasteiger charge is 2.42. The van der Waals surface area contributed by atoms with Crippen LogP contribution in [-0.4, -0.2) is 24.1 Å². The zero-order valence-electron chi connectivity index (χ0n) is 8.79. The molecule has 76 valence electrons. The molecule has 1 saturated carbocycles. The molecule has 4 nitrogen and oxygen atoms in total. The predicted molar refractivity (Wildman–Crippen MR) is 54.7 cm³/mol. The molecule has 4 heteroatoms. The Bertz CT molecular complexity index is 347. The second-order valence-electron chi connectivity index (χ2n) is 3.92. The normalized spacial score (nSPS) is 17.6. The lowest BCUT2D eigenvalue weighted by molar-refractivity contribution is 0.411. The van der Waals surface area contributed by atoms with Gasteiger partial charge >= 0.3 is 0 Å². The third kappa shape index (κ3) is 1.41. The first-order chi connectivity index (χ1) is 6.69. The summed E-state index contributed by atoms with van der Waals surface area (Å²) in [6.45, 7) is 2.19. The van der Waals surface area contributed by atoms with Crippen LogP contribution in [0.15, 0.2) is 6.20 Å². The van der Waals surface area contributed by atoms with Crippen molar-refractivity contribution in [2.45, 2.75) is 25.2 Å². The molecule has 1 heterocycles. The zero-order chi connectivity index (χ0) is 10.2. The van der Waals surface area contributed by atoms with Crippen molar-refractivity contribution in [1.82, 2.24) is 9.97 Å². The summed E-state index contributed by atoms with van der Waals surface area (Å²) in [7, 11) is 3.46. The third-order valence-corrected chi connectivity index (χ3v) is 2.75. The van der Waals surface area contributed by atoms with Crippen LogP contribution in [0, 0.1) is 0 Å². The fourth-order valence-electron chi connectivity index (χ4n) is 1.40. The molecule has 0 aliphatic heterocycles. The molecule has 1 N–H and O–H groups in total. The number of hydrogen-bond acceptors (Lipinski definition) is 4. The lowest BCUT2D eigenvalue weighted by Crippen LogP contribution is -2.09. The number of methoxy groups -OCH3 is 1. The van der Waals surface area contributed by atoms with Gasteiger partial charge in [0.15, 0.2) is 11.6 Å². The molecule has 0 bridgehead atoms. The first-order valence-electron chi connectivity index (χ1n) is 4.79. The van der Waals surface area contributed by atoms with Crippen molar-refractivity contribution in [3.05, 3.63) is 12.0 Å². The molecule has 1 aromatic heterocycles. The largest absolute Gasteiger partial charge is 0.491 e. The molecular weight excluding hydrogens is 178 g/mol. The second kappa shape index (κ2) is 3.12. The van der Waals surface area contributed by atoms with Crippen LogP contribution in [0.4, 0.5) is 5.82 Å². The number of hydrogen-bond donors (Lipinski definition) is 1. The first-order valence-corrected chi connectivity index (χ1v) is 4.79. The molecule has 1 aliphatic rings. The lowest BCUT2D eigenvalue weighted by Gasteiger charge is -2.11. The number of nitrogens with zero attached hydrogens (tertiary/aromatic N) is 2. The molecule has 0 amide bonds. The monoisotopic (exact) mass is 193 g/mol. The van der Waals surface area contributed by atoms with Crippen LogP contribution in [0.1, 0.15) is 25.6 Å². The fraction of sp³-hybridized carbons (Fsp3) is 0.600. The number of rotatable bonds is 3. The van der Waals surface area contributed by atoms with E-state index < -0.39 is 0 Å². The van der Waals surface area contributed by atoms with Gasteiger partial charge in [0.25, 0.3) is 0 Å². The van der Waals surface area contributed by atoms with Crippen molar-refractivity contribution in [2.75, 3.05) is 19.5 Å². The third-order valence-electron chi connectivity index (χ3n) is 2.75. The predicted octanol–water partition coefficient (Wildman–Crippen LogP) is 1.58. The van der Waals surface area contributed by atoms with Crippen LogP contribution in [0.5, 0.6) is 5.75 Å². The fourth-order valence-corrected chi connectivity index (χ4v) is 1.40. The Kier molecular flexibility index (Phi) is 2.06. The molecule has 0 atom stereocenters. The van der Waals surface area contributed by atoms with Gasteiger partial charge in [-0.15, -0.1) is 0 Å². The minimum atomic E-state index is 0.206. The summed E-state index contributed by atoms with van der Waals surface area (Å²) in [4.78, 5) is 8.76. The SMILES string of the molecule is CNc1nc(C2(C)CC2)ncc1OC. The highest BCUT2D eigenvalue weighted by Crippen LogP contribution is 2.46. The smallest absolute Gasteiger partial charge is 0.179 e. The number of anilines is 1. The Balaban J connectivity index is 2.36. The van der Waals surface area contributed by atoms with E-state index in [2.05, 4.69) is 22.2 Å². The van der Waals surface area contributed by atoms with Crippen molar-refractivity contribution in [1.29, 1.82) is 0 Å². The first kappa shape index (κ1) is 9.24. The summed E-state index contributed by atoms with van der Waals surface area (Å²) in [5.41, 5.74) is 0.206. The summed E-state index contributed by atoms with van der Waals surface area (Å²) in [6.07, 6.45) is 4.10. The average molecular weight is 193 g/mol. The van der Waals surface area contributed by atoms with E-state index in [1.165, 1.54) is 12.8 Å². The summed E-state index contributed by atoms with van der Waals surface area (Å²) in [5.74, 6) is 2.38.